The fourth-order valence-electron chi connectivity index (χ4n) is 1.90. The number of carbonyl (C=O) groups excluding carboxylic acids is 1. The number of hydrogen-bond acceptors (Lipinski definition) is 4. The molecule has 112 valence electrons. The number of hydrogen-bond donors (Lipinski definition) is 2. The third-order valence-electron chi connectivity index (χ3n) is 2.99. The topological polar surface area (TPSA) is 93.9 Å². The molecule has 0 aliphatic rings. The van der Waals surface area contributed by atoms with Gasteiger partial charge >= 0.3 is 0 Å². The Hall–Kier alpha value is -2.44. The van der Waals surface area contributed by atoms with Gasteiger partial charge in [-0.1, -0.05) is 19.8 Å². The second kappa shape index (κ2) is 6.83. The van der Waals surface area contributed by atoms with Crippen LogP contribution in [0.3, 0.4) is 0 Å². The summed E-state index contributed by atoms with van der Waals surface area (Å²) in [5.41, 5.74) is 6.02. The van der Waals surface area contributed by atoms with Crippen molar-refractivity contribution in [1.29, 1.82) is 0 Å². The molecular formula is C14H17FN4O2. The number of carbonyl (C=O) groups is 1. The summed E-state index contributed by atoms with van der Waals surface area (Å²) < 4.78 is 19.1. The molecule has 0 saturated heterocycles. The molecular weight excluding hydrogens is 275 g/mol. The highest BCUT2D eigenvalue weighted by Crippen LogP contribution is 2.26. The minimum atomic E-state index is -0.700. The second-order valence-electron chi connectivity index (χ2n) is 4.59. The van der Waals surface area contributed by atoms with Crippen molar-refractivity contribution in [2.45, 2.75) is 26.2 Å². The van der Waals surface area contributed by atoms with Crippen LogP contribution in [0.2, 0.25) is 0 Å². The molecule has 0 atom stereocenters. The van der Waals surface area contributed by atoms with Crippen LogP contribution in [0.1, 0.15) is 36.7 Å². The van der Waals surface area contributed by atoms with E-state index in [4.69, 9.17) is 10.5 Å². The van der Waals surface area contributed by atoms with Crippen LogP contribution in [0.5, 0.6) is 5.75 Å². The Morgan fingerprint density at radius 1 is 1.38 bits per heavy atom. The number of rotatable bonds is 7. The van der Waals surface area contributed by atoms with Crippen molar-refractivity contribution in [1.82, 2.24) is 15.4 Å². The number of ether oxygens (including phenoxy) is 1. The second-order valence-corrected chi connectivity index (χ2v) is 4.59. The molecule has 3 N–H and O–H groups in total. The fourth-order valence-corrected chi connectivity index (χ4v) is 1.90. The van der Waals surface area contributed by atoms with Gasteiger partial charge in [-0.15, -0.1) is 0 Å². The predicted octanol–water partition coefficient (Wildman–Crippen LogP) is 2.28. The average molecular weight is 292 g/mol. The van der Waals surface area contributed by atoms with E-state index in [0.717, 1.165) is 19.3 Å². The van der Waals surface area contributed by atoms with Crippen LogP contribution in [0.15, 0.2) is 18.2 Å². The van der Waals surface area contributed by atoms with Crippen LogP contribution in [-0.4, -0.2) is 27.9 Å². The van der Waals surface area contributed by atoms with Gasteiger partial charge in [-0.2, -0.15) is 15.4 Å². The average Bonchev–Trinajstić information content (AvgIpc) is 2.95. The van der Waals surface area contributed by atoms with Gasteiger partial charge < -0.3 is 10.5 Å². The van der Waals surface area contributed by atoms with E-state index in [0.29, 0.717) is 12.2 Å². The molecule has 2 rings (SSSR count). The number of aromatic nitrogens is 3. The van der Waals surface area contributed by atoms with Gasteiger partial charge in [-0.25, -0.2) is 4.39 Å². The number of aromatic amines is 1. The number of unbranched alkanes of at least 4 members (excludes halogenated alkanes) is 2. The van der Waals surface area contributed by atoms with E-state index in [1.54, 1.807) is 0 Å². The number of H-pyrrole nitrogens is 1. The van der Waals surface area contributed by atoms with Crippen molar-refractivity contribution in [3.05, 3.63) is 29.7 Å². The van der Waals surface area contributed by atoms with Gasteiger partial charge in [0.1, 0.15) is 5.69 Å². The maximum atomic E-state index is 13.7. The molecule has 0 spiro atoms. The first-order chi connectivity index (χ1) is 10.1. The summed E-state index contributed by atoms with van der Waals surface area (Å²) in [5.74, 6) is -1.03. The molecule has 1 aromatic heterocycles. The summed E-state index contributed by atoms with van der Waals surface area (Å²) in [7, 11) is 0. The van der Waals surface area contributed by atoms with Gasteiger partial charge in [0.2, 0.25) is 0 Å². The van der Waals surface area contributed by atoms with E-state index in [2.05, 4.69) is 22.3 Å². The molecule has 1 aromatic carbocycles. The highest BCUT2D eigenvalue weighted by Gasteiger charge is 2.16. The summed E-state index contributed by atoms with van der Waals surface area (Å²) in [6.07, 6.45) is 2.94. The van der Waals surface area contributed by atoms with Crippen LogP contribution in [-0.2, 0) is 0 Å². The fraction of sp³-hybridized carbons (Fsp3) is 0.357. The Morgan fingerprint density at radius 3 is 2.90 bits per heavy atom. The first kappa shape index (κ1) is 15.0. The summed E-state index contributed by atoms with van der Waals surface area (Å²) in [6.45, 7) is 2.52. The van der Waals surface area contributed by atoms with Crippen molar-refractivity contribution in [2.75, 3.05) is 6.61 Å². The molecule has 0 radical (unpaired) electrons. The van der Waals surface area contributed by atoms with Crippen molar-refractivity contribution < 1.29 is 13.9 Å². The van der Waals surface area contributed by atoms with Crippen LogP contribution in [0.25, 0.3) is 11.3 Å². The molecule has 0 saturated carbocycles. The van der Waals surface area contributed by atoms with Gasteiger partial charge in [0.25, 0.3) is 5.91 Å². The predicted molar refractivity (Wildman–Crippen MR) is 75.3 cm³/mol. The zero-order valence-electron chi connectivity index (χ0n) is 11.7. The highest BCUT2D eigenvalue weighted by atomic mass is 19.1. The van der Waals surface area contributed by atoms with E-state index in [-0.39, 0.29) is 17.1 Å². The number of amides is 1. The zero-order chi connectivity index (χ0) is 15.2. The lowest BCUT2D eigenvalue weighted by Crippen LogP contribution is -2.12. The molecule has 0 unspecified atom stereocenters. The monoisotopic (exact) mass is 292 g/mol. The van der Waals surface area contributed by atoms with E-state index in [9.17, 15) is 9.18 Å². The number of halogens is 1. The quantitative estimate of drug-likeness (QED) is 0.765. The largest absolute Gasteiger partial charge is 0.490 e. The van der Waals surface area contributed by atoms with E-state index < -0.39 is 11.7 Å². The van der Waals surface area contributed by atoms with E-state index >= 15 is 0 Å². The van der Waals surface area contributed by atoms with Crippen LogP contribution < -0.4 is 10.5 Å². The third kappa shape index (κ3) is 3.56. The van der Waals surface area contributed by atoms with Crippen molar-refractivity contribution >= 4 is 5.91 Å². The SMILES string of the molecule is CCCCCOc1cc(-c2n[nH]nc2C(N)=O)ccc1F. The molecule has 6 nitrogen and oxygen atoms in total. The normalized spacial score (nSPS) is 10.6. The van der Waals surface area contributed by atoms with Crippen LogP contribution in [0.4, 0.5) is 4.39 Å². The third-order valence-corrected chi connectivity index (χ3v) is 2.99. The summed E-state index contributed by atoms with van der Waals surface area (Å²) in [6, 6.07) is 4.26. The molecule has 7 heteroatoms. The number of nitrogens with one attached hydrogen (secondary N) is 1. The smallest absolute Gasteiger partial charge is 0.271 e. The lowest BCUT2D eigenvalue weighted by molar-refractivity contribution is 0.0996. The Labute approximate surface area is 121 Å². The molecule has 1 heterocycles. The Morgan fingerprint density at radius 2 is 2.19 bits per heavy atom. The van der Waals surface area contributed by atoms with Gasteiger partial charge in [0, 0.05) is 5.56 Å². The minimum absolute atomic E-state index is 0.0125. The summed E-state index contributed by atoms with van der Waals surface area (Å²) >= 11 is 0. The van der Waals surface area contributed by atoms with Crippen molar-refractivity contribution in [3.63, 3.8) is 0 Å². The van der Waals surface area contributed by atoms with Crippen molar-refractivity contribution in [3.8, 4) is 17.0 Å². The summed E-state index contributed by atoms with van der Waals surface area (Å²) in [4.78, 5) is 11.2. The molecule has 0 aliphatic carbocycles. The highest BCUT2D eigenvalue weighted by molar-refractivity contribution is 5.96. The van der Waals surface area contributed by atoms with Crippen LogP contribution >= 0.6 is 0 Å². The van der Waals surface area contributed by atoms with Gasteiger partial charge in [-0.05, 0) is 24.6 Å². The first-order valence-electron chi connectivity index (χ1n) is 6.76. The molecule has 2 aromatic rings. The number of benzene rings is 1. The van der Waals surface area contributed by atoms with E-state index in [1.165, 1.54) is 18.2 Å². The Kier molecular flexibility index (Phi) is 4.86. The lowest BCUT2D eigenvalue weighted by Gasteiger charge is -2.08. The van der Waals surface area contributed by atoms with Crippen molar-refractivity contribution in [2.24, 2.45) is 5.73 Å². The number of nitrogens with zero attached hydrogens (tertiary/aromatic N) is 2. The minimum Gasteiger partial charge on any atom is -0.490 e. The molecule has 0 fully saturated rings. The maximum Gasteiger partial charge on any atom is 0.271 e. The molecule has 1 amide bonds. The molecule has 0 bridgehead atoms. The standard InChI is InChI=1S/C14H17FN4O2/c1-2-3-4-7-21-11-8-9(5-6-10(11)15)12-13(14(16)20)18-19-17-12/h5-6,8H,2-4,7H2,1H3,(H2,16,20)(H,17,18,19). The summed E-state index contributed by atoms with van der Waals surface area (Å²) in [5, 5.41) is 9.90. The van der Waals surface area contributed by atoms with Gasteiger partial charge in [0.05, 0.1) is 6.61 Å². The Balaban J connectivity index is 2.21. The lowest BCUT2D eigenvalue weighted by atomic mass is 10.1. The van der Waals surface area contributed by atoms with E-state index in [1.807, 2.05) is 0 Å². The first-order valence-corrected chi connectivity index (χ1v) is 6.76. The number of primary amides is 1. The Bertz CT molecular complexity index is 627. The molecule has 0 aliphatic heterocycles. The molecule has 21 heavy (non-hydrogen) atoms. The van der Waals surface area contributed by atoms with Crippen LogP contribution in [0, 0.1) is 5.82 Å². The zero-order valence-corrected chi connectivity index (χ0v) is 11.7. The number of nitrogens with two attached hydrogens (primary N) is 1. The van der Waals surface area contributed by atoms with Gasteiger partial charge in [0.15, 0.2) is 17.3 Å². The van der Waals surface area contributed by atoms with Gasteiger partial charge in [-0.3, -0.25) is 4.79 Å². The maximum absolute atomic E-state index is 13.7.